The Bertz CT molecular complexity index is 1360. The number of anilines is 1. The molecule has 1 aliphatic heterocycles. The molecule has 0 saturated heterocycles. The van der Waals surface area contributed by atoms with Crippen molar-refractivity contribution in [2.75, 3.05) is 38.7 Å². The first kappa shape index (κ1) is 35.3. The van der Waals surface area contributed by atoms with Gasteiger partial charge in [-0.3, -0.25) is 9.59 Å². The fourth-order valence-corrected chi connectivity index (χ4v) is 8.37. The largest absolute Gasteiger partial charge is 0.490 e. The van der Waals surface area contributed by atoms with Crippen molar-refractivity contribution in [3.8, 4) is 5.75 Å². The SMILES string of the molecule is C[C@H]1CCCCO[C@H](CN(C)S(=O)(=O)c2cccs2)[C@@H](C)CN([C@@H](C)CO)C(=O)c2cc(NC(=O)C3CCCCC3)ccc2O1. The van der Waals surface area contributed by atoms with E-state index in [1.807, 2.05) is 13.8 Å². The fraction of sp³-hybridized carbons (Fsp3) is 0.636. The number of carbonyl (C=O) groups excluding carboxylic acids is 2. The Kier molecular flexibility index (Phi) is 12.8. The molecule has 4 atom stereocenters. The summed E-state index contributed by atoms with van der Waals surface area (Å²) in [4.78, 5) is 29.0. The summed E-state index contributed by atoms with van der Waals surface area (Å²) >= 11 is 1.17. The predicted octanol–water partition coefficient (Wildman–Crippen LogP) is 5.38. The molecule has 0 bridgehead atoms. The van der Waals surface area contributed by atoms with Crippen LogP contribution in [0.5, 0.6) is 5.75 Å². The third kappa shape index (κ3) is 9.28. The highest BCUT2D eigenvalue weighted by Crippen LogP contribution is 2.30. The molecule has 2 aliphatic rings. The van der Waals surface area contributed by atoms with Crippen molar-refractivity contribution in [3.05, 3.63) is 41.3 Å². The molecule has 2 aromatic rings. The number of benzene rings is 1. The number of carbonyl (C=O) groups is 2. The second-order valence-corrected chi connectivity index (χ2v) is 15.8. The summed E-state index contributed by atoms with van der Waals surface area (Å²) in [7, 11) is -2.15. The first-order chi connectivity index (χ1) is 21.5. The molecular weight excluding hydrogens is 615 g/mol. The van der Waals surface area contributed by atoms with E-state index in [-0.39, 0.29) is 53.7 Å². The smallest absolute Gasteiger partial charge is 0.258 e. The lowest BCUT2D eigenvalue weighted by Crippen LogP contribution is -2.48. The molecule has 1 aliphatic carbocycles. The van der Waals surface area contributed by atoms with Gasteiger partial charge >= 0.3 is 0 Å². The minimum Gasteiger partial charge on any atom is -0.490 e. The summed E-state index contributed by atoms with van der Waals surface area (Å²) in [5.41, 5.74) is 0.837. The lowest BCUT2D eigenvalue weighted by molar-refractivity contribution is -0.120. The van der Waals surface area contributed by atoms with Crippen molar-refractivity contribution in [3.63, 3.8) is 0 Å². The highest BCUT2D eigenvalue weighted by molar-refractivity contribution is 7.91. The van der Waals surface area contributed by atoms with Gasteiger partial charge in [0.25, 0.3) is 15.9 Å². The number of nitrogens with one attached hydrogen (secondary N) is 1. The molecule has 1 aromatic carbocycles. The maximum absolute atomic E-state index is 14.3. The van der Waals surface area contributed by atoms with Crippen molar-refractivity contribution in [1.29, 1.82) is 0 Å². The number of hydrogen-bond donors (Lipinski definition) is 2. The molecular formula is C33H49N3O7S2. The minimum absolute atomic E-state index is 0.0342. The summed E-state index contributed by atoms with van der Waals surface area (Å²) < 4.78 is 40.6. The van der Waals surface area contributed by atoms with Crippen LogP contribution in [0.1, 0.15) is 82.5 Å². The van der Waals surface area contributed by atoms with Gasteiger partial charge in [-0.05, 0) is 75.6 Å². The van der Waals surface area contributed by atoms with E-state index >= 15 is 0 Å². The van der Waals surface area contributed by atoms with Gasteiger partial charge in [-0.25, -0.2) is 8.42 Å². The molecule has 1 saturated carbocycles. The molecule has 2 amide bonds. The second-order valence-electron chi connectivity index (χ2n) is 12.6. The van der Waals surface area contributed by atoms with Crippen LogP contribution in [0.15, 0.2) is 39.9 Å². The third-order valence-electron chi connectivity index (χ3n) is 8.89. The van der Waals surface area contributed by atoms with Gasteiger partial charge in [-0.1, -0.05) is 32.3 Å². The molecule has 0 radical (unpaired) electrons. The molecule has 45 heavy (non-hydrogen) atoms. The molecule has 1 aromatic heterocycles. The summed E-state index contributed by atoms with van der Waals surface area (Å²) in [6.07, 6.45) is 6.62. The van der Waals surface area contributed by atoms with Gasteiger partial charge in [0.2, 0.25) is 5.91 Å². The summed E-state index contributed by atoms with van der Waals surface area (Å²) in [6, 6.07) is 7.96. The number of likely N-dealkylation sites (N-methyl/N-ethyl adjacent to an activating group) is 1. The van der Waals surface area contributed by atoms with E-state index in [9.17, 15) is 23.1 Å². The van der Waals surface area contributed by atoms with Crippen LogP contribution >= 0.6 is 11.3 Å². The lowest BCUT2D eigenvalue weighted by atomic mass is 9.88. The molecule has 10 nitrogen and oxygen atoms in total. The number of ether oxygens (including phenoxy) is 2. The van der Waals surface area contributed by atoms with Crippen LogP contribution in [0.2, 0.25) is 0 Å². The Labute approximate surface area is 272 Å². The summed E-state index contributed by atoms with van der Waals surface area (Å²) in [5.74, 6) is -0.255. The van der Waals surface area contributed by atoms with Gasteiger partial charge in [-0.2, -0.15) is 4.31 Å². The molecule has 12 heteroatoms. The Morgan fingerprint density at radius 1 is 1.13 bits per heavy atom. The topological polar surface area (TPSA) is 125 Å². The van der Waals surface area contributed by atoms with Gasteiger partial charge in [0.1, 0.15) is 9.96 Å². The zero-order chi connectivity index (χ0) is 32.6. The van der Waals surface area contributed by atoms with Gasteiger partial charge in [0.15, 0.2) is 0 Å². The second kappa shape index (κ2) is 16.4. The van der Waals surface area contributed by atoms with Crippen molar-refractivity contribution in [2.45, 2.75) is 94.6 Å². The fourth-order valence-electron chi connectivity index (χ4n) is 5.99. The van der Waals surface area contributed by atoms with E-state index in [0.717, 1.165) is 51.4 Å². The number of rotatable bonds is 8. The Morgan fingerprint density at radius 2 is 1.87 bits per heavy atom. The number of hydrogen-bond acceptors (Lipinski definition) is 8. The van der Waals surface area contributed by atoms with E-state index in [4.69, 9.17) is 9.47 Å². The molecule has 1 fully saturated rings. The maximum Gasteiger partial charge on any atom is 0.258 e. The zero-order valence-corrected chi connectivity index (χ0v) is 28.6. The van der Waals surface area contributed by atoms with Crippen molar-refractivity contribution in [2.24, 2.45) is 11.8 Å². The van der Waals surface area contributed by atoms with E-state index in [0.29, 0.717) is 23.6 Å². The normalized spacial score (nSPS) is 23.6. The van der Waals surface area contributed by atoms with Crippen LogP contribution in [0.4, 0.5) is 5.69 Å². The van der Waals surface area contributed by atoms with E-state index in [2.05, 4.69) is 5.32 Å². The monoisotopic (exact) mass is 663 g/mol. The number of thiophene rings is 1. The van der Waals surface area contributed by atoms with Crippen LogP contribution in [0.3, 0.4) is 0 Å². The summed E-state index contributed by atoms with van der Waals surface area (Å²) in [5, 5.41) is 14.9. The number of aliphatic hydroxyl groups is 1. The Balaban J connectivity index is 1.63. The van der Waals surface area contributed by atoms with E-state index in [1.165, 1.54) is 15.6 Å². The van der Waals surface area contributed by atoms with Crippen LogP contribution < -0.4 is 10.1 Å². The molecule has 0 unspecified atom stereocenters. The highest BCUT2D eigenvalue weighted by Gasteiger charge is 2.33. The minimum atomic E-state index is -3.69. The van der Waals surface area contributed by atoms with Crippen molar-refractivity contribution in [1.82, 2.24) is 9.21 Å². The van der Waals surface area contributed by atoms with Crippen LogP contribution in [-0.4, -0.2) is 86.1 Å². The van der Waals surface area contributed by atoms with Gasteiger partial charge < -0.3 is 24.8 Å². The molecule has 2 heterocycles. The first-order valence-corrected chi connectivity index (χ1v) is 18.5. The molecule has 250 valence electrons. The van der Waals surface area contributed by atoms with Crippen LogP contribution in [0, 0.1) is 11.8 Å². The number of sulfonamides is 1. The van der Waals surface area contributed by atoms with E-state index in [1.54, 1.807) is 54.6 Å². The van der Waals surface area contributed by atoms with E-state index < -0.39 is 22.2 Å². The Morgan fingerprint density at radius 3 is 2.56 bits per heavy atom. The third-order valence-corrected chi connectivity index (χ3v) is 12.1. The number of aliphatic hydroxyl groups excluding tert-OH is 1. The molecule has 2 N–H and O–H groups in total. The van der Waals surface area contributed by atoms with Crippen LogP contribution in [0.25, 0.3) is 0 Å². The number of nitrogens with zero attached hydrogens (tertiary/aromatic N) is 2. The average molecular weight is 664 g/mol. The standard InChI is InChI=1S/C33H49N3O7S2/c1-23-20-36(24(2)22-37)33(39)28-19-27(34-32(38)26-12-6-5-7-13-26)15-16-29(28)43-25(3)11-8-9-17-42-30(23)21-35(4)45(40,41)31-14-10-18-44-31/h10,14-16,18-19,23-26,30,37H,5-9,11-13,17,20-22H2,1-4H3,(H,34,38)/t23-,24-,25-,30+/m0/s1. The summed E-state index contributed by atoms with van der Waals surface area (Å²) in [6.45, 7) is 6.18. The van der Waals surface area contributed by atoms with Gasteiger partial charge in [0.05, 0.1) is 30.4 Å². The quantitative estimate of drug-likeness (QED) is 0.388. The first-order valence-electron chi connectivity index (χ1n) is 16.2. The van der Waals surface area contributed by atoms with Crippen molar-refractivity contribution < 1.29 is 32.6 Å². The van der Waals surface area contributed by atoms with Gasteiger partial charge in [-0.15, -0.1) is 11.3 Å². The van der Waals surface area contributed by atoms with Crippen molar-refractivity contribution >= 4 is 38.9 Å². The lowest BCUT2D eigenvalue weighted by Gasteiger charge is -2.35. The molecule has 0 spiro atoms. The van der Waals surface area contributed by atoms with Gasteiger partial charge in [0, 0.05) is 44.3 Å². The van der Waals surface area contributed by atoms with Crippen LogP contribution in [-0.2, 0) is 19.6 Å². The zero-order valence-electron chi connectivity index (χ0n) is 26.9. The predicted molar refractivity (Wildman–Crippen MR) is 176 cm³/mol. The maximum atomic E-state index is 14.3. The Hall–Kier alpha value is -2.51. The average Bonchev–Trinajstić information content (AvgIpc) is 3.59. The number of fused-ring (bicyclic) bond motifs is 1. The molecule has 4 rings (SSSR count). The number of amides is 2. The highest BCUT2D eigenvalue weighted by atomic mass is 32.2.